The quantitative estimate of drug-likeness (QED) is 0.720. The van der Waals surface area contributed by atoms with Gasteiger partial charge >= 0.3 is 0 Å². The maximum atomic E-state index is 5.84. The molecule has 0 aliphatic carbocycles. The second kappa shape index (κ2) is 6.96. The third kappa shape index (κ3) is 3.37. The lowest BCUT2D eigenvalue weighted by Gasteiger charge is -2.32. The van der Waals surface area contributed by atoms with Gasteiger partial charge in [-0.1, -0.05) is 0 Å². The minimum Gasteiger partial charge on any atom is -0.491 e. The Bertz CT molecular complexity index is 906. The summed E-state index contributed by atoms with van der Waals surface area (Å²) in [6.45, 7) is 8.58. The van der Waals surface area contributed by atoms with Crippen LogP contribution in [0.3, 0.4) is 0 Å². The van der Waals surface area contributed by atoms with Gasteiger partial charge in [-0.25, -0.2) is 9.67 Å². The van der Waals surface area contributed by atoms with Crippen LogP contribution in [0.15, 0.2) is 42.7 Å². The minimum atomic E-state index is 0.139. The number of rotatable bonds is 4. The molecule has 0 bridgehead atoms. The Labute approximate surface area is 153 Å². The van der Waals surface area contributed by atoms with Gasteiger partial charge in [0.25, 0.3) is 0 Å². The normalized spacial score (nSPS) is 17.8. The largest absolute Gasteiger partial charge is 0.491 e. The van der Waals surface area contributed by atoms with E-state index < -0.39 is 0 Å². The SMILES string of the molecule is CC(C)Oc1ccc2cnn(-c3ccnc(N4CCOC(C)C4)c3)c2c1. The molecule has 1 fully saturated rings. The number of fused-ring (bicyclic) bond motifs is 1. The van der Waals surface area contributed by atoms with Crippen molar-refractivity contribution < 1.29 is 9.47 Å². The molecule has 3 heterocycles. The highest BCUT2D eigenvalue weighted by molar-refractivity contribution is 5.81. The zero-order valence-corrected chi connectivity index (χ0v) is 15.4. The maximum absolute atomic E-state index is 5.84. The van der Waals surface area contributed by atoms with Crippen molar-refractivity contribution in [2.24, 2.45) is 0 Å². The average Bonchev–Trinajstić information content (AvgIpc) is 3.04. The fourth-order valence-corrected chi connectivity index (χ4v) is 3.29. The lowest BCUT2D eigenvalue weighted by Crippen LogP contribution is -2.41. The molecule has 1 aliphatic heterocycles. The van der Waals surface area contributed by atoms with E-state index in [1.165, 1.54) is 0 Å². The van der Waals surface area contributed by atoms with E-state index in [0.717, 1.165) is 47.9 Å². The maximum Gasteiger partial charge on any atom is 0.130 e. The van der Waals surface area contributed by atoms with Crippen LogP contribution in [-0.2, 0) is 4.74 Å². The number of ether oxygens (including phenoxy) is 2. The highest BCUT2D eigenvalue weighted by Gasteiger charge is 2.18. The average molecular weight is 352 g/mol. The summed E-state index contributed by atoms with van der Waals surface area (Å²) in [6.07, 6.45) is 4.08. The number of aromatic nitrogens is 3. The zero-order chi connectivity index (χ0) is 18.1. The van der Waals surface area contributed by atoms with Crippen molar-refractivity contribution in [2.75, 3.05) is 24.6 Å². The van der Waals surface area contributed by atoms with Gasteiger partial charge in [0.05, 0.1) is 36.2 Å². The molecule has 2 aromatic heterocycles. The number of benzene rings is 1. The first-order chi connectivity index (χ1) is 12.6. The van der Waals surface area contributed by atoms with Gasteiger partial charge in [-0.3, -0.25) is 0 Å². The van der Waals surface area contributed by atoms with Crippen LogP contribution in [0.2, 0.25) is 0 Å². The fraction of sp³-hybridized carbons (Fsp3) is 0.400. The monoisotopic (exact) mass is 352 g/mol. The molecule has 1 aliphatic rings. The summed E-state index contributed by atoms with van der Waals surface area (Å²) >= 11 is 0. The Morgan fingerprint density at radius 3 is 2.92 bits per heavy atom. The van der Waals surface area contributed by atoms with Crippen LogP contribution in [0, 0.1) is 0 Å². The predicted molar refractivity (Wildman–Crippen MR) is 102 cm³/mol. The molecule has 136 valence electrons. The van der Waals surface area contributed by atoms with E-state index in [9.17, 15) is 0 Å². The first-order valence-electron chi connectivity index (χ1n) is 9.07. The van der Waals surface area contributed by atoms with E-state index in [1.807, 2.05) is 55.2 Å². The van der Waals surface area contributed by atoms with Crippen molar-refractivity contribution in [1.29, 1.82) is 0 Å². The summed E-state index contributed by atoms with van der Waals surface area (Å²) < 4.78 is 13.4. The Morgan fingerprint density at radius 1 is 1.23 bits per heavy atom. The Kier molecular flexibility index (Phi) is 4.51. The second-order valence-electron chi connectivity index (χ2n) is 6.94. The van der Waals surface area contributed by atoms with Crippen LogP contribution in [0.1, 0.15) is 20.8 Å². The molecule has 1 aromatic carbocycles. The van der Waals surface area contributed by atoms with Gasteiger partial charge in [0, 0.05) is 36.8 Å². The van der Waals surface area contributed by atoms with Crippen LogP contribution >= 0.6 is 0 Å². The third-order valence-corrected chi connectivity index (χ3v) is 4.45. The van der Waals surface area contributed by atoms with E-state index in [1.54, 1.807) is 0 Å². The molecule has 0 N–H and O–H groups in total. The molecule has 1 unspecified atom stereocenters. The molecule has 3 aromatic rings. The summed E-state index contributed by atoms with van der Waals surface area (Å²) in [6, 6.07) is 10.1. The lowest BCUT2D eigenvalue weighted by molar-refractivity contribution is 0.0529. The summed E-state index contributed by atoms with van der Waals surface area (Å²) in [5.41, 5.74) is 2.02. The molecule has 0 saturated carbocycles. The smallest absolute Gasteiger partial charge is 0.130 e. The third-order valence-electron chi connectivity index (χ3n) is 4.45. The first kappa shape index (κ1) is 16.8. The van der Waals surface area contributed by atoms with Crippen LogP contribution in [-0.4, -0.2) is 46.7 Å². The molecule has 1 atom stereocenters. The number of pyridine rings is 1. The van der Waals surface area contributed by atoms with Crippen molar-refractivity contribution in [3.05, 3.63) is 42.7 Å². The first-order valence-corrected chi connectivity index (χ1v) is 9.07. The molecule has 0 radical (unpaired) electrons. The van der Waals surface area contributed by atoms with E-state index in [4.69, 9.17) is 9.47 Å². The summed E-state index contributed by atoms with van der Waals surface area (Å²) in [5.74, 6) is 1.81. The van der Waals surface area contributed by atoms with Gasteiger partial charge in [-0.05, 0) is 39.0 Å². The molecule has 0 amide bonds. The van der Waals surface area contributed by atoms with Gasteiger partial charge in [0.1, 0.15) is 11.6 Å². The van der Waals surface area contributed by atoms with E-state index in [-0.39, 0.29) is 12.2 Å². The number of hydrogen-bond donors (Lipinski definition) is 0. The van der Waals surface area contributed by atoms with E-state index in [2.05, 4.69) is 28.0 Å². The van der Waals surface area contributed by atoms with Crippen LogP contribution in [0.5, 0.6) is 5.75 Å². The Morgan fingerprint density at radius 2 is 2.12 bits per heavy atom. The lowest BCUT2D eigenvalue weighted by atomic mass is 10.2. The molecule has 6 heteroatoms. The number of morpholine rings is 1. The summed E-state index contributed by atoms with van der Waals surface area (Å²) in [5, 5.41) is 5.66. The summed E-state index contributed by atoms with van der Waals surface area (Å²) in [4.78, 5) is 6.81. The Balaban J connectivity index is 1.70. The highest BCUT2D eigenvalue weighted by Crippen LogP contribution is 2.25. The predicted octanol–water partition coefficient (Wildman–Crippen LogP) is 3.43. The molecular formula is C20H24N4O2. The molecule has 1 saturated heterocycles. The Hall–Kier alpha value is -2.60. The van der Waals surface area contributed by atoms with Crippen LogP contribution in [0.25, 0.3) is 16.6 Å². The molecule has 6 nitrogen and oxygen atoms in total. The van der Waals surface area contributed by atoms with Crippen molar-refractivity contribution in [3.8, 4) is 11.4 Å². The molecule has 0 spiro atoms. The molecule has 26 heavy (non-hydrogen) atoms. The molecular weight excluding hydrogens is 328 g/mol. The van der Waals surface area contributed by atoms with E-state index >= 15 is 0 Å². The highest BCUT2D eigenvalue weighted by atomic mass is 16.5. The standard InChI is InChI=1S/C20H24N4O2/c1-14(2)26-18-5-4-16-12-22-24(19(16)11-18)17-6-7-21-20(10-17)23-8-9-25-15(3)13-23/h4-7,10-12,14-15H,8-9,13H2,1-3H3. The summed E-state index contributed by atoms with van der Waals surface area (Å²) in [7, 11) is 0. The van der Waals surface area contributed by atoms with E-state index in [0.29, 0.717) is 0 Å². The number of anilines is 1. The van der Waals surface area contributed by atoms with Crippen LogP contribution in [0.4, 0.5) is 5.82 Å². The van der Waals surface area contributed by atoms with Gasteiger partial charge in [-0.15, -0.1) is 0 Å². The topological polar surface area (TPSA) is 52.4 Å². The molecule has 4 rings (SSSR count). The van der Waals surface area contributed by atoms with Crippen molar-refractivity contribution in [1.82, 2.24) is 14.8 Å². The van der Waals surface area contributed by atoms with Crippen LogP contribution < -0.4 is 9.64 Å². The van der Waals surface area contributed by atoms with Gasteiger partial charge in [0.15, 0.2) is 0 Å². The zero-order valence-electron chi connectivity index (χ0n) is 15.4. The van der Waals surface area contributed by atoms with Crippen molar-refractivity contribution in [2.45, 2.75) is 33.0 Å². The van der Waals surface area contributed by atoms with Gasteiger partial charge in [-0.2, -0.15) is 5.10 Å². The minimum absolute atomic E-state index is 0.139. The van der Waals surface area contributed by atoms with Crippen molar-refractivity contribution in [3.63, 3.8) is 0 Å². The van der Waals surface area contributed by atoms with Gasteiger partial charge in [0.2, 0.25) is 0 Å². The second-order valence-corrected chi connectivity index (χ2v) is 6.94. The van der Waals surface area contributed by atoms with Gasteiger partial charge < -0.3 is 14.4 Å². The number of hydrogen-bond acceptors (Lipinski definition) is 5. The fourth-order valence-electron chi connectivity index (χ4n) is 3.29. The number of nitrogens with zero attached hydrogens (tertiary/aromatic N) is 4. The van der Waals surface area contributed by atoms with Crippen molar-refractivity contribution >= 4 is 16.7 Å².